The van der Waals surface area contributed by atoms with Gasteiger partial charge in [0.25, 0.3) is 0 Å². The molecule has 3 rings (SSSR count). The molecule has 1 aliphatic rings. The lowest BCUT2D eigenvalue weighted by atomic mass is 10.1. The summed E-state index contributed by atoms with van der Waals surface area (Å²) in [5.74, 6) is -1.07. The fourth-order valence-electron chi connectivity index (χ4n) is 3.19. The molecule has 0 aliphatic carbocycles. The quantitative estimate of drug-likeness (QED) is 0.690. The molecule has 0 amide bonds. The SMILES string of the molecule is C/C(=C\C(=O)O)c1cccc(S(=O)(=O)N2CCN(c3ccc(Cl)c(Cl)c3)CC2)c1. The minimum Gasteiger partial charge on any atom is -0.478 e. The number of sulfonamides is 1. The maximum atomic E-state index is 13.1. The summed E-state index contributed by atoms with van der Waals surface area (Å²) in [7, 11) is -3.68. The molecule has 29 heavy (non-hydrogen) atoms. The summed E-state index contributed by atoms with van der Waals surface area (Å²) < 4.78 is 27.6. The van der Waals surface area contributed by atoms with Gasteiger partial charge in [-0.1, -0.05) is 35.3 Å². The van der Waals surface area contributed by atoms with Gasteiger partial charge in [-0.25, -0.2) is 13.2 Å². The van der Waals surface area contributed by atoms with Crippen LogP contribution in [-0.2, 0) is 14.8 Å². The number of carboxylic acids is 1. The van der Waals surface area contributed by atoms with E-state index < -0.39 is 16.0 Å². The first-order valence-corrected chi connectivity index (χ1v) is 11.1. The summed E-state index contributed by atoms with van der Waals surface area (Å²) in [5, 5.41) is 9.84. The molecule has 9 heteroatoms. The van der Waals surface area contributed by atoms with Gasteiger partial charge in [0.05, 0.1) is 14.9 Å². The monoisotopic (exact) mass is 454 g/mol. The van der Waals surface area contributed by atoms with Gasteiger partial charge in [0, 0.05) is 37.9 Å². The highest BCUT2D eigenvalue weighted by Gasteiger charge is 2.29. The van der Waals surface area contributed by atoms with Gasteiger partial charge in [-0.15, -0.1) is 0 Å². The highest BCUT2D eigenvalue weighted by Crippen LogP contribution is 2.29. The lowest BCUT2D eigenvalue weighted by Gasteiger charge is -2.35. The van der Waals surface area contributed by atoms with Gasteiger partial charge >= 0.3 is 5.97 Å². The van der Waals surface area contributed by atoms with Crippen molar-refractivity contribution < 1.29 is 18.3 Å². The van der Waals surface area contributed by atoms with Crippen LogP contribution in [0, 0.1) is 0 Å². The van der Waals surface area contributed by atoms with Crippen molar-refractivity contribution in [2.75, 3.05) is 31.1 Å². The first-order valence-electron chi connectivity index (χ1n) is 8.90. The second-order valence-electron chi connectivity index (χ2n) is 6.68. The molecule has 1 saturated heterocycles. The van der Waals surface area contributed by atoms with Gasteiger partial charge < -0.3 is 10.0 Å². The van der Waals surface area contributed by atoms with Gasteiger partial charge in [0.15, 0.2) is 0 Å². The Morgan fingerprint density at radius 2 is 1.72 bits per heavy atom. The van der Waals surface area contributed by atoms with E-state index in [4.69, 9.17) is 28.3 Å². The lowest BCUT2D eigenvalue weighted by molar-refractivity contribution is -0.131. The molecule has 0 spiro atoms. The van der Waals surface area contributed by atoms with Crippen LogP contribution < -0.4 is 4.90 Å². The number of aliphatic carboxylic acids is 1. The zero-order valence-electron chi connectivity index (χ0n) is 15.7. The van der Waals surface area contributed by atoms with E-state index in [9.17, 15) is 13.2 Å². The maximum Gasteiger partial charge on any atom is 0.328 e. The van der Waals surface area contributed by atoms with Crippen LogP contribution in [0.3, 0.4) is 0 Å². The molecular formula is C20H20Cl2N2O4S. The van der Waals surface area contributed by atoms with Crippen molar-refractivity contribution in [2.24, 2.45) is 0 Å². The number of allylic oxidation sites excluding steroid dienone is 1. The molecular weight excluding hydrogens is 435 g/mol. The van der Waals surface area contributed by atoms with E-state index in [1.54, 1.807) is 31.2 Å². The number of halogens is 2. The van der Waals surface area contributed by atoms with Crippen LogP contribution in [0.5, 0.6) is 0 Å². The highest BCUT2D eigenvalue weighted by atomic mass is 35.5. The third kappa shape index (κ3) is 4.93. The van der Waals surface area contributed by atoms with Gasteiger partial charge in [0.2, 0.25) is 10.0 Å². The van der Waals surface area contributed by atoms with E-state index in [0.717, 1.165) is 11.8 Å². The molecule has 1 aliphatic heterocycles. The molecule has 2 aromatic rings. The van der Waals surface area contributed by atoms with Crippen LogP contribution in [0.1, 0.15) is 12.5 Å². The summed E-state index contributed by atoms with van der Waals surface area (Å²) >= 11 is 12.0. The zero-order chi connectivity index (χ0) is 21.2. The second-order valence-corrected chi connectivity index (χ2v) is 9.44. The number of anilines is 1. The van der Waals surface area contributed by atoms with Crippen LogP contribution in [0.25, 0.3) is 5.57 Å². The standard InChI is InChI=1S/C20H20Cl2N2O4S/c1-14(11-20(25)26)15-3-2-4-17(12-15)29(27,28)24-9-7-23(8-10-24)16-5-6-18(21)19(22)13-16/h2-6,11-13H,7-10H2,1H3,(H,25,26)/b14-11+. The average Bonchev–Trinajstić information content (AvgIpc) is 2.70. The molecule has 2 aromatic carbocycles. The summed E-state index contributed by atoms with van der Waals surface area (Å²) in [6.45, 7) is 3.34. The second kappa shape index (κ2) is 8.75. The fourth-order valence-corrected chi connectivity index (χ4v) is 4.95. The minimum atomic E-state index is -3.68. The normalized spacial score (nSPS) is 16.1. The number of carboxylic acid groups (broad SMARTS) is 1. The fraction of sp³-hybridized carbons (Fsp3) is 0.250. The average molecular weight is 455 g/mol. The van der Waals surface area contributed by atoms with Crippen molar-refractivity contribution >= 4 is 50.5 Å². The van der Waals surface area contributed by atoms with Crippen molar-refractivity contribution in [1.29, 1.82) is 0 Å². The third-order valence-electron chi connectivity index (χ3n) is 4.77. The Balaban J connectivity index is 1.76. The van der Waals surface area contributed by atoms with Crippen LogP contribution in [0.4, 0.5) is 5.69 Å². The Bertz CT molecular complexity index is 1060. The van der Waals surface area contributed by atoms with Crippen LogP contribution in [-0.4, -0.2) is 50.0 Å². The van der Waals surface area contributed by atoms with E-state index in [1.165, 1.54) is 16.4 Å². The highest BCUT2D eigenvalue weighted by molar-refractivity contribution is 7.89. The Kier molecular flexibility index (Phi) is 6.53. The van der Waals surface area contributed by atoms with Gasteiger partial charge in [-0.05, 0) is 48.4 Å². The molecule has 1 fully saturated rings. The summed E-state index contributed by atoms with van der Waals surface area (Å²) in [6, 6.07) is 11.7. The van der Waals surface area contributed by atoms with E-state index in [2.05, 4.69) is 4.90 Å². The topological polar surface area (TPSA) is 77.9 Å². The molecule has 0 atom stereocenters. The first kappa shape index (κ1) is 21.6. The first-order chi connectivity index (χ1) is 13.7. The summed E-state index contributed by atoms with van der Waals surface area (Å²) in [5.41, 5.74) is 1.94. The minimum absolute atomic E-state index is 0.149. The van der Waals surface area contributed by atoms with E-state index >= 15 is 0 Å². The predicted molar refractivity (Wildman–Crippen MR) is 115 cm³/mol. The Labute approximate surface area is 180 Å². The Morgan fingerprint density at radius 1 is 1.03 bits per heavy atom. The van der Waals surface area contributed by atoms with Crippen LogP contribution in [0.15, 0.2) is 53.4 Å². The number of nitrogens with zero attached hydrogens (tertiary/aromatic N) is 2. The number of piperazine rings is 1. The molecule has 0 unspecified atom stereocenters. The molecule has 0 saturated carbocycles. The number of hydrogen-bond acceptors (Lipinski definition) is 4. The summed E-state index contributed by atoms with van der Waals surface area (Å²) in [6.07, 6.45) is 1.06. The maximum absolute atomic E-state index is 13.1. The molecule has 1 N–H and O–H groups in total. The Morgan fingerprint density at radius 3 is 2.34 bits per heavy atom. The molecule has 1 heterocycles. The predicted octanol–water partition coefficient (Wildman–Crippen LogP) is 3.99. The van der Waals surface area contributed by atoms with Crippen molar-refractivity contribution in [3.8, 4) is 0 Å². The largest absolute Gasteiger partial charge is 0.478 e. The van der Waals surface area contributed by atoms with Gasteiger partial charge in [0.1, 0.15) is 0 Å². The van der Waals surface area contributed by atoms with Gasteiger partial charge in [-0.2, -0.15) is 4.31 Å². The van der Waals surface area contributed by atoms with Crippen LogP contribution in [0.2, 0.25) is 10.0 Å². The zero-order valence-corrected chi connectivity index (χ0v) is 18.0. The van der Waals surface area contributed by atoms with Crippen molar-refractivity contribution in [3.63, 3.8) is 0 Å². The van der Waals surface area contributed by atoms with E-state index in [1.807, 2.05) is 6.07 Å². The van der Waals surface area contributed by atoms with E-state index in [-0.39, 0.29) is 4.90 Å². The molecule has 6 nitrogen and oxygen atoms in total. The number of carbonyl (C=O) groups is 1. The Hall–Kier alpha value is -2.06. The summed E-state index contributed by atoms with van der Waals surface area (Å²) in [4.78, 5) is 13.1. The van der Waals surface area contributed by atoms with Crippen molar-refractivity contribution in [2.45, 2.75) is 11.8 Å². The number of rotatable bonds is 5. The van der Waals surface area contributed by atoms with Crippen molar-refractivity contribution in [1.82, 2.24) is 4.31 Å². The molecule has 0 aromatic heterocycles. The van der Waals surface area contributed by atoms with Crippen molar-refractivity contribution in [3.05, 3.63) is 64.1 Å². The molecule has 0 bridgehead atoms. The molecule has 154 valence electrons. The van der Waals surface area contributed by atoms with E-state index in [0.29, 0.717) is 47.4 Å². The molecule has 0 radical (unpaired) electrons. The third-order valence-corrected chi connectivity index (χ3v) is 7.41. The lowest BCUT2D eigenvalue weighted by Crippen LogP contribution is -2.48. The smallest absolute Gasteiger partial charge is 0.328 e. The number of benzene rings is 2. The van der Waals surface area contributed by atoms with Crippen LogP contribution >= 0.6 is 23.2 Å². The number of hydrogen-bond donors (Lipinski definition) is 1. The van der Waals surface area contributed by atoms with Gasteiger partial charge in [-0.3, -0.25) is 0 Å².